The Balaban J connectivity index is 0.00000171. The molecule has 190 valence electrons. The lowest BCUT2D eigenvalue weighted by molar-refractivity contribution is 0.142. The van der Waals surface area contributed by atoms with Crippen LogP contribution < -0.4 is 15.0 Å². The average Bonchev–Trinajstić information content (AvgIpc) is 2.96. The number of ether oxygens (including phenoxy) is 2. The Morgan fingerprint density at radius 3 is 2.54 bits per heavy atom. The fourth-order valence-corrected chi connectivity index (χ4v) is 4.65. The molecule has 2 aliphatic rings. The van der Waals surface area contributed by atoms with Crippen molar-refractivity contribution >= 4 is 41.9 Å². The van der Waals surface area contributed by atoms with Gasteiger partial charge in [0.05, 0.1) is 17.8 Å². The first-order valence-corrected chi connectivity index (χ1v) is 10.9. The van der Waals surface area contributed by atoms with Gasteiger partial charge in [-0.2, -0.15) is 0 Å². The molecule has 12 heteroatoms. The molecule has 5 rings (SSSR count). The number of nitrogens with zero attached hydrogens (tertiary/aromatic N) is 3. The number of likely N-dealkylation sites (N-methyl/N-ethyl adjacent to an activating group) is 1. The maximum absolute atomic E-state index is 12.5. The second-order valence-corrected chi connectivity index (χ2v) is 8.63. The van der Waals surface area contributed by atoms with Crippen LogP contribution in [0.4, 0.5) is 4.79 Å². The first-order valence-electron chi connectivity index (χ1n) is 10.9. The number of carbonyl (C=O) groups is 1. The second kappa shape index (κ2) is 10.4. The average molecular weight is 527 g/mol. The number of benzene rings is 1. The van der Waals surface area contributed by atoms with Crippen LogP contribution in [0.25, 0.3) is 22.2 Å². The highest BCUT2D eigenvalue weighted by Crippen LogP contribution is 2.41. The van der Waals surface area contributed by atoms with Gasteiger partial charge in [0.25, 0.3) is 5.56 Å². The van der Waals surface area contributed by atoms with E-state index in [4.69, 9.17) is 9.84 Å². The van der Waals surface area contributed by atoms with Crippen LogP contribution in [-0.4, -0.2) is 75.6 Å². The summed E-state index contributed by atoms with van der Waals surface area (Å²) in [6.45, 7) is 5.24. The quantitative estimate of drug-likeness (QED) is 0.445. The number of hydrogen-bond acceptors (Lipinski definition) is 7. The molecule has 35 heavy (non-hydrogen) atoms. The predicted octanol–water partition coefficient (Wildman–Crippen LogP) is 2.82. The van der Waals surface area contributed by atoms with E-state index in [-0.39, 0.29) is 37.8 Å². The predicted molar refractivity (Wildman–Crippen MR) is 136 cm³/mol. The Labute approximate surface area is 213 Å². The minimum atomic E-state index is -1.67. The Kier molecular flexibility index (Phi) is 7.90. The Bertz CT molecular complexity index is 1310. The van der Waals surface area contributed by atoms with E-state index in [0.29, 0.717) is 22.6 Å². The molecule has 0 aliphatic carbocycles. The highest BCUT2D eigenvalue weighted by Gasteiger charge is 2.26. The van der Waals surface area contributed by atoms with Crippen molar-refractivity contribution in [2.24, 2.45) is 7.05 Å². The molecule has 0 amide bonds. The smallest absolute Gasteiger partial charge is 0.504 e. The number of rotatable bonds is 3. The molecular formula is C23H28Cl2N4O6. The molecule has 4 heterocycles. The van der Waals surface area contributed by atoms with Gasteiger partial charge in [-0.1, -0.05) is 0 Å². The second-order valence-electron chi connectivity index (χ2n) is 8.63. The van der Waals surface area contributed by atoms with Crippen molar-refractivity contribution in [2.45, 2.75) is 13.0 Å². The minimum Gasteiger partial charge on any atom is -0.504 e. The molecule has 0 spiro atoms. The number of aryl methyl sites for hydroxylation is 1. The van der Waals surface area contributed by atoms with Crippen molar-refractivity contribution in [1.29, 1.82) is 0 Å². The first kappa shape index (κ1) is 26.7. The largest absolute Gasteiger partial charge is 0.511 e. The molecule has 0 unspecified atom stereocenters. The molecule has 3 aromatic rings. The number of H-pyrrole nitrogens is 1. The van der Waals surface area contributed by atoms with Crippen LogP contribution in [0, 0.1) is 0 Å². The zero-order chi connectivity index (χ0) is 23.3. The molecule has 1 aromatic carbocycles. The summed E-state index contributed by atoms with van der Waals surface area (Å²) in [7, 11) is 4.17. The topological polar surface area (TPSA) is 120 Å². The third kappa shape index (κ3) is 4.92. The molecule has 1 saturated heterocycles. The van der Waals surface area contributed by atoms with Gasteiger partial charge >= 0.3 is 6.16 Å². The monoisotopic (exact) mass is 526 g/mol. The maximum atomic E-state index is 12.5. The van der Waals surface area contributed by atoms with E-state index in [9.17, 15) is 14.7 Å². The van der Waals surface area contributed by atoms with Crippen LogP contribution in [0.1, 0.15) is 11.3 Å². The van der Waals surface area contributed by atoms with Gasteiger partial charge in [0, 0.05) is 74.5 Å². The molecule has 1 fully saturated rings. The van der Waals surface area contributed by atoms with Gasteiger partial charge in [-0.3, -0.25) is 9.69 Å². The van der Waals surface area contributed by atoms with E-state index in [1.165, 1.54) is 5.69 Å². The minimum absolute atomic E-state index is 0. The number of carboxylic acid groups (broad SMARTS) is 1. The summed E-state index contributed by atoms with van der Waals surface area (Å²) in [5.74, 6) is -0.507. The van der Waals surface area contributed by atoms with Gasteiger partial charge in [0.2, 0.25) is 5.75 Å². The fourth-order valence-electron chi connectivity index (χ4n) is 4.65. The molecule has 0 bridgehead atoms. The standard InChI is InChI=1S/C23H26N4O6.2ClH/c1-25-4-6-27(7-5-25)12-14-9-13-10-16-18(11-17(13)26(14)2)32-8-3-15-19(16)24-22(29)21(20(15)28)33-23(30)31;;/h9-11H,3-8,12H2,1-2H3,(H,30,31)(H2,24,28,29);2*1H. The van der Waals surface area contributed by atoms with E-state index < -0.39 is 23.2 Å². The van der Waals surface area contributed by atoms with Crippen LogP contribution >= 0.6 is 24.8 Å². The Morgan fingerprint density at radius 1 is 1.14 bits per heavy atom. The first-order chi connectivity index (χ1) is 15.8. The molecule has 0 radical (unpaired) electrons. The molecular weight excluding hydrogens is 499 g/mol. The number of halogens is 2. The molecule has 10 nitrogen and oxygen atoms in total. The van der Waals surface area contributed by atoms with Crippen LogP contribution in [0.2, 0.25) is 0 Å². The van der Waals surface area contributed by atoms with Crippen molar-refractivity contribution in [3.05, 3.63) is 39.8 Å². The zero-order valence-corrected chi connectivity index (χ0v) is 21.0. The van der Waals surface area contributed by atoms with Crippen LogP contribution in [0.5, 0.6) is 17.2 Å². The van der Waals surface area contributed by atoms with Crippen LogP contribution in [-0.2, 0) is 20.0 Å². The third-order valence-corrected chi connectivity index (χ3v) is 6.54. The normalized spacial score (nSPS) is 15.7. The van der Waals surface area contributed by atoms with Crippen LogP contribution in [0.3, 0.4) is 0 Å². The highest BCUT2D eigenvalue weighted by atomic mass is 35.5. The summed E-state index contributed by atoms with van der Waals surface area (Å²) in [5.41, 5.74) is 2.81. The van der Waals surface area contributed by atoms with Gasteiger partial charge in [-0.25, -0.2) is 4.79 Å². The number of nitrogens with one attached hydrogen (secondary N) is 1. The number of aromatic hydroxyl groups is 1. The number of aromatic nitrogens is 2. The lowest BCUT2D eigenvalue weighted by atomic mass is 10.0. The zero-order valence-electron chi connectivity index (χ0n) is 19.4. The molecule has 3 N–H and O–H groups in total. The molecule has 0 atom stereocenters. The number of fused-ring (bicyclic) bond motifs is 4. The van der Waals surface area contributed by atoms with E-state index >= 15 is 0 Å². The van der Waals surface area contributed by atoms with E-state index in [1.807, 2.05) is 19.2 Å². The third-order valence-electron chi connectivity index (χ3n) is 6.54. The summed E-state index contributed by atoms with van der Waals surface area (Å²) < 4.78 is 12.6. The number of pyridine rings is 1. The number of aromatic amines is 1. The van der Waals surface area contributed by atoms with Crippen molar-refractivity contribution in [2.75, 3.05) is 39.8 Å². The molecule has 2 aliphatic heterocycles. The number of piperazine rings is 1. The summed E-state index contributed by atoms with van der Waals surface area (Å²) in [6.07, 6.45) is -1.38. The van der Waals surface area contributed by atoms with Crippen molar-refractivity contribution in [1.82, 2.24) is 19.4 Å². The van der Waals surface area contributed by atoms with Crippen LogP contribution in [0.15, 0.2) is 23.0 Å². The van der Waals surface area contributed by atoms with Gasteiger partial charge in [0.15, 0.2) is 5.75 Å². The van der Waals surface area contributed by atoms with Crippen molar-refractivity contribution in [3.63, 3.8) is 0 Å². The molecule has 2 aromatic heterocycles. The van der Waals surface area contributed by atoms with Gasteiger partial charge in [0.1, 0.15) is 5.75 Å². The Hall–Kier alpha value is -2.92. The summed E-state index contributed by atoms with van der Waals surface area (Å²) in [6, 6.07) is 6.03. The lowest BCUT2D eigenvalue weighted by Gasteiger charge is -2.32. The van der Waals surface area contributed by atoms with E-state index in [0.717, 1.165) is 43.6 Å². The fraction of sp³-hybridized carbons (Fsp3) is 0.391. The van der Waals surface area contributed by atoms with E-state index in [2.05, 4.69) is 37.2 Å². The Morgan fingerprint density at radius 2 is 1.86 bits per heavy atom. The van der Waals surface area contributed by atoms with Crippen molar-refractivity contribution < 1.29 is 24.5 Å². The number of hydrogen-bond donors (Lipinski definition) is 3. The van der Waals surface area contributed by atoms with Gasteiger partial charge in [-0.05, 0) is 19.2 Å². The van der Waals surface area contributed by atoms with Gasteiger partial charge < -0.3 is 34.1 Å². The maximum Gasteiger partial charge on any atom is 0.511 e. The van der Waals surface area contributed by atoms with Crippen molar-refractivity contribution in [3.8, 4) is 28.5 Å². The lowest BCUT2D eigenvalue weighted by Crippen LogP contribution is -2.44. The molecule has 0 saturated carbocycles. The van der Waals surface area contributed by atoms with Gasteiger partial charge in [-0.15, -0.1) is 24.8 Å². The summed E-state index contributed by atoms with van der Waals surface area (Å²) >= 11 is 0. The SMILES string of the molecule is CN1CCN(Cc2cc3cc4c(cc3n2C)OCCc2c-4[nH]c(=O)c(OC(=O)O)c2O)CC1.Cl.Cl. The summed E-state index contributed by atoms with van der Waals surface area (Å²) in [5, 5.41) is 20.5. The highest BCUT2D eigenvalue weighted by molar-refractivity contribution is 5.90. The van der Waals surface area contributed by atoms with E-state index in [1.54, 1.807) is 0 Å². The summed E-state index contributed by atoms with van der Waals surface area (Å²) in [4.78, 5) is 30.9.